The normalized spacial score (nSPS) is 11.8. The molecule has 28 heavy (non-hydrogen) atoms. The SMILES string of the molecule is CCc1ccc(C(=O)COC(=O)C(NC(=O)c2ccccc2C)C(C)C)cc1. The molecule has 5 heteroatoms. The largest absolute Gasteiger partial charge is 0.456 e. The van der Waals surface area contributed by atoms with Crippen molar-refractivity contribution in [3.8, 4) is 0 Å². The van der Waals surface area contributed by atoms with Crippen molar-refractivity contribution >= 4 is 17.7 Å². The molecule has 1 amide bonds. The van der Waals surface area contributed by atoms with Gasteiger partial charge in [0.25, 0.3) is 5.91 Å². The van der Waals surface area contributed by atoms with Crippen molar-refractivity contribution in [1.29, 1.82) is 0 Å². The van der Waals surface area contributed by atoms with Crippen LogP contribution >= 0.6 is 0 Å². The number of hydrogen-bond acceptors (Lipinski definition) is 4. The van der Waals surface area contributed by atoms with Crippen molar-refractivity contribution in [2.24, 2.45) is 5.92 Å². The number of benzene rings is 2. The van der Waals surface area contributed by atoms with Crippen LogP contribution in [0, 0.1) is 12.8 Å². The zero-order valence-electron chi connectivity index (χ0n) is 16.8. The smallest absolute Gasteiger partial charge is 0.329 e. The lowest BCUT2D eigenvalue weighted by atomic mass is 10.0. The van der Waals surface area contributed by atoms with Crippen LogP contribution < -0.4 is 5.32 Å². The van der Waals surface area contributed by atoms with Crippen molar-refractivity contribution < 1.29 is 19.1 Å². The molecular weight excluding hydrogens is 354 g/mol. The molecule has 0 saturated heterocycles. The molecular formula is C23H27NO4. The van der Waals surface area contributed by atoms with Crippen LogP contribution in [-0.4, -0.2) is 30.3 Å². The summed E-state index contributed by atoms with van der Waals surface area (Å²) in [5, 5.41) is 2.73. The van der Waals surface area contributed by atoms with E-state index in [0.29, 0.717) is 11.1 Å². The van der Waals surface area contributed by atoms with Crippen LogP contribution in [0.25, 0.3) is 0 Å². The predicted molar refractivity (Wildman–Crippen MR) is 108 cm³/mol. The molecule has 1 unspecified atom stereocenters. The first-order valence-corrected chi connectivity index (χ1v) is 9.48. The number of carbonyl (C=O) groups excluding carboxylic acids is 3. The molecule has 0 bridgehead atoms. The molecule has 2 aromatic carbocycles. The lowest BCUT2D eigenvalue weighted by Gasteiger charge is -2.21. The van der Waals surface area contributed by atoms with Crippen molar-refractivity contribution in [2.45, 2.75) is 40.2 Å². The Labute approximate surface area is 166 Å². The van der Waals surface area contributed by atoms with E-state index in [9.17, 15) is 14.4 Å². The average Bonchev–Trinajstić information content (AvgIpc) is 2.69. The topological polar surface area (TPSA) is 72.5 Å². The van der Waals surface area contributed by atoms with Gasteiger partial charge in [-0.05, 0) is 36.5 Å². The molecule has 148 valence electrons. The third-order valence-electron chi connectivity index (χ3n) is 4.63. The molecule has 0 radical (unpaired) electrons. The van der Waals surface area contributed by atoms with E-state index in [1.807, 2.05) is 52.0 Å². The Bertz CT molecular complexity index is 840. The minimum atomic E-state index is -0.831. The number of ketones is 1. The van der Waals surface area contributed by atoms with Gasteiger partial charge in [0.15, 0.2) is 12.4 Å². The highest BCUT2D eigenvalue weighted by molar-refractivity contribution is 6.00. The quantitative estimate of drug-likeness (QED) is 0.558. The second-order valence-corrected chi connectivity index (χ2v) is 7.09. The molecule has 0 aliphatic carbocycles. The van der Waals surface area contributed by atoms with Gasteiger partial charge >= 0.3 is 5.97 Å². The summed E-state index contributed by atoms with van der Waals surface area (Å²) in [7, 11) is 0. The zero-order chi connectivity index (χ0) is 20.7. The molecule has 0 fully saturated rings. The Morgan fingerprint density at radius 1 is 1.00 bits per heavy atom. The van der Waals surface area contributed by atoms with Crippen molar-refractivity contribution in [1.82, 2.24) is 5.32 Å². The van der Waals surface area contributed by atoms with Gasteiger partial charge < -0.3 is 10.1 Å². The van der Waals surface area contributed by atoms with Gasteiger partial charge in [0.1, 0.15) is 6.04 Å². The number of ether oxygens (including phenoxy) is 1. The maximum Gasteiger partial charge on any atom is 0.329 e. The van der Waals surface area contributed by atoms with E-state index in [1.165, 1.54) is 0 Å². The minimum Gasteiger partial charge on any atom is -0.456 e. The Kier molecular flexibility index (Phi) is 7.50. The molecule has 2 aromatic rings. The monoisotopic (exact) mass is 381 g/mol. The summed E-state index contributed by atoms with van der Waals surface area (Å²) in [5.74, 6) is -1.41. The van der Waals surface area contributed by atoms with E-state index in [0.717, 1.165) is 17.5 Å². The van der Waals surface area contributed by atoms with Gasteiger partial charge in [-0.15, -0.1) is 0 Å². The van der Waals surface area contributed by atoms with Gasteiger partial charge in [0.05, 0.1) is 0 Å². The molecule has 1 N–H and O–H groups in total. The van der Waals surface area contributed by atoms with E-state index < -0.39 is 12.0 Å². The molecule has 0 aromatic heterocycles. The molecule has 0 aliphatic heterocycles. The van der Waals surface area contributed by atoms with Crippen LogP contribution in [0.4, 0.5) is 0 Å². The second kappa shape index (κ2) is 9.83. The third-order valence-corrected chi connectivity index (χ3v) is 4.63. The number of carbonyl (C=O) groups is 3. The highest BCUT2D eigenvalue weighted by atomic mass is 16.5. The predicted octanol–water partition coefficient (Wildman–Crippen LogP) is 3.74. The number of esters is 1. The van der Waals surface area contributed by atoms with Crippen molar-refractivity contribution in [3.63, 3.8) is 0 Å². The first kappa shape index (κ1) is 21.4. The number of aryl methyl sites for hydroxylation is 2. The Balaban J connectivity index is 1.99. The summed E-state index contributed by atoms with van der Waals surface area (Å²) in [5.41, 5.74) is 2.96. The van der Waals surface area contributed by atoms with Crippen LogP contribution in [-0.2, 0) is 16.0 Å². The van der Waals surface area contributed by atoms with Crippen LogP contribution in [0.15, 0.2) is 48.5 Å². The number of rotatable bonds is 8. The number of Topliss-reactive ketones (excluding diaryl/α,β-unsaturated/α-hetero) is 1. The molecule has 2 rings (SSSR count). The van der Waals surface area contributed by atoms with Crippen molar-refractivity contribution in [2.75, 3.05) is 6.61 Å². The maximum absolute atomic E-state index is 12.5. The van der Waals surface area contributed by atoms with Crippen LogP contribution in [0.1, 0.15) is 52.6 Å². The van der Waals surface area contributed by atoms with E-state index in [1.54, 1.807) is 24.3 Å². The van der Waals surface area contributed by atoms with E-state index in [2.05, 4.69) is 5.32 Å². The maximum atomic E-state index is 12.5. The zero-order valence-corrected chi connectivity index (χ0v) is 16.8. The molecule has 0 aliphatic rings. The van der Waals surface area contributed by atoms with Gasteiger partial charge in [-0.2, -0.15) is 0 Å². The molecule has 0 heterocycles. The lowest BCUT2D eigenvalue weighted by Crippen LogP contribution is -2.45. The van der Waals surface area contributed by atoms with Crippen molar-refractivity contribution in [3.05, 3.63) is 70.8 Å². The summed E-state index contributed by atoms with van der Waals surface area (Å²) in [4.78, 5) is 37.3. The fourth-order valence-electron chi connectivity index (χ4n) is 2.78. The standard InChI is InChI=1S/C23H27NO4/c1-5-17-10-12-18(13-11-17)20(25)14-28-23(27)21(15(2)3)24-22(26)19-9-7-6-8-16(19)4/h6-13,15,21H,5,14H2,1-4H3,(H,24,26). The lowest BCUT2D eigenvalue weighted by molar-refractivity contribution is -0.145. The number of hydrogen-bond donors (Lipinski definition) is 1. The Morgan fingerprint density at radius 2 is 1.64 bits per heavy atom. The third kappa shape index (κ3) is 5.52. The summed E-state index contributed by atoms with van der Waals surface area (Å²) in [6.07, 6.45) is 0.889. The van der Waals surface area contributed by atoms with Gasteiger partial charge in [-0.25, -0.2) is 4.79 Å². The Hall–Kier alpha value is -2.95. The van der Waals surface area contributed by atoms with E-state index in [-0.39, 0.29) is 24.2 Å². The summed E-state index contributed by atoms with van der Waals surface area (Å²) in [6.45, 7) is 7.15. The van der Waals surface area contributed by atoms with Crippen LogP contribution in [0.2, 0.25) is 0 Å². The fraction of sp³-hybridized carbons (Fsp3) is 0.348. The van der Waals surface area contributed by atoms with E-state index >= 15 is 0 Å². The van der Waals surface area contributed by atoms with Crippen LogP contribution in [0.5, 0.6) is 0 Å². The molecule has 0 saturated carbocycles. The highest BCUT2D eigenvalue weighted by Crippen LogP contribution is 2.11. The number of nitrogens with one attached hydrogen (secondary N) is 1. The highest BCUT2D eigenvalue weighted by Gasteiger charge is 2.27. The Morgan fingerprint density at radius 3 is 2.21 bits per heavy atom. The first-order valence-electron chi connectivity index (χ1n) is 9.48. The van der Waals surface area contributed by atoms with Gasteiger partial charge in [0, 0.05) is 11.1 Å². The fourth-order valence-corrected chi connectivity index (χ4v) is 2.78. The number of amides is 1. The summed E-state index contributed by atoms with van der Waals surface area (Å²) >= 11 is 0. The average molecular weight is 381 g/mol. The van der Waals surface area contributed by atoms with Gasteiger partial charge in [-0.1, -0.05) is 63.2 Å². The molecule has 0 spiro atoms. The summed E-state index contributed by atoms with van der Waals surface area (Å²) in [6, 6.07) is 13.6. The van der Waals surface area contributed by atoms with Crippen LogP contribution in [0.3, 0.4) is 0 Å². The minimum absolute atomic E-state index is 0.181. The van der Waals surface area contributed by atoms with Gasteiger partial charge in [0.2, 0.25) is 0 Å². The molecule has 1 atom stereocenters. The molecule has 5 nitrogen and oxygen atoms in total. The first-order chi connectivity index (χ1) is 13.3. The van der Waals surface area contributed by atoms with E-state index in [4.69, 9.17) is 4.74 Å². The van der Waals surface area contributed by atoms with Gasteiger partial charge in [-0.3, -0.25) is 9.59 Å². The summed E-state index contributed by atoms with van der Waals surface area (Å²) < 4.78 is 5.20. The second-order valence-electron chi connectivity index (χ2n) is 7.09.